The molecule has 0 saturated carbocycles. The van der Waals surface area contributed by atoms with Crippen molar-refractivity contribution in [1.82, 2.24) is 5.32 Å². The molecule has 0 spiro atoms. The van der Waals surface area contributed by atoms with E-state index in [9.17, 15) is 9.59 Å². The first-order valence-electron chi connectivity index (χ1n) is 5.74. The molecule has 0 aliphatic rings. The number of carbonyl (C=O) groups is 2. The number of terminal acetylenes is 1. The second kappa shape index (κ2) is 6.95. The maximum atomic E-state index is 12.0. The number of halogens is 1. The minimum atomic E-state index is -0.824. The first kappa shape index (κ1) is 15.3. The fourth-order valence-electron chi connectivity index (χ4n) is 1.54. The molecule has 0 aliphatic heterocycles. The average molecular weight is 323 g/mol. The zero-order valence-electron chi connectivity index (χ0n) is 10.5. The smallest absolute Gasteiger partial charge is 0.240 e. The highest BCUT2D eigenvalue weighted by molar-refractivity contribution is 9.10. The van der Waals surface area contributed by atoms with Gasteiger partial charge in [-0.05, 0) is 24.6 Å². The highest BCUT2D eigenvalue weighted by Gasteiger charge is 2.21. The van der Waals surface area contributed by atoms with Gasteiger partial charge in [-0.3, -0.25) is 9.59 Å². The van der Waals surface area contributed by atoms with Crippen LogP contribution >= 0.6 is 15.9 Å². The number of nitrogens with one attached hydrogen (secondary N) is 1. The van der Waals surface area contributed by atoms with Gasteiger partial charge in [0.15, 0.2) is 0 Å². The van der Waals surface area contributed by atoms with Gasteiger partial charge in [-0.1, -0.05) is 28.1 Å². The lowest BCUT2D eigenvalue weighted by atomic mass is 10.00. The molecular formula is C14H15BrN2O2. The number of hydrogen-bond donors (Lipinski definition) is 2. The van der Waals surface area contributed by atoms with Crippen molar-refractivity contribution in [3.8, 4) is 12.3 Å². The van der Waals surface area contributed by atoms with E-state index < -0.39 is 11.9 Å². The minimum absolute atomic E-state index is 0.0914. The van der Waals surface area contributed by atoms with Crippen LogP contribution in [-0.2, 0) is 9.59 Å². The summed E-state index contributed by atoms with van der Waals surface area (Å²) < 4.78 is 0.936. The molecule has 2 atom stereocenters. The number of hydrogen-bond acceptors (Lipinski definition) is 2. The number of primary amides is 1. The summed E-state index contributed by atoms with van der Waals surface area (Å²) in [4.78, 5) is 23.2. The van der Waals surface area contributed by atoms with E-state index in [0.717, 1.165) is 10.0 Å². The Labute approximate surface area is 120 Å². The molecule has 4 nitrogen and oxygen atoms in total. The Morgan fingerprint density at radius 2 is 2.00 bits per heavy atom. The lowest BCUT2D eigenvalue weighted by Crippen LogP contribution is -2.45. The van der Waals surface area contributed by atoms with Crippen molar-refractivity contribution >= 4 is 27.7 Å². The van der Waals surface area contributed by atoms with Crippen molar-refractivity contribution in [2.24, 2.45) is 5.73 Å². The summed E-state index contributed by atoms with van der Waals surface area (Å²) in [7, 11) is 0. The van der Waals surface area contributed by atoms with Gasteiger partial charge in [0.25, 0.3) is 0 Å². The number of carbonyl (C=O) groups excluding carboxylic acids is 2. The summed E-state index contributed by atoms with van der Waals surface area (Å²) in [5.41, 5.74) is 6.03. The highest BCUT2D eigenvalue weighted by Crippen LogP contribution is 2.18. The molecule has 0 aromatic heterocycles. The van der Waals surface area contributed by atoms with Crippen molar-refractivity contribution in [3.63, 3.8) is 0 Å². The van der Waals surface area contributed by atoms with Gasteiger partial charge in [0.05, 0.1) is 5.92 Å². The van der Waals surface area contributed by atoms with Crippen molar-refractivity contribution in [3.05, 3.63) is 34.3 Å². The second-order valence-electron chi connectivity index (χ2n) is 4.15. The first-order valence-corrected chi connectivity index (χ1v) is 6.53. The van der Waals surface area contributed by atoms with Crippen molar-refractivity contribution in [1.29, 1.82) is 0 Å². The van der Waals surface area contributed by atoms with Crippen LogP contribution in [0.1, 0.15) is 24.8 Å². The molecule has 100 valence electrons. The van der Waals surface area contributed by atoms with Gasteiger partial charge in [-0.25, -0.2) is 0 Å². The summed E-state index contributed by atoms with van der Waals surface area (Å²) in [6.45, 7) is 1.76. The Bertz CT molecular complexity index is 505. The van der Waals surface area contributed by atoms with Crippen LogP contribution in [-0.4, -0.2) is 17.9 Å². The maximum absolute atomic E-state index is 12.0. The van der Waals surface area contributed by atoms with Crippen LogP contribution in [0.2, 0.25) is 0 Å². The predicted molar refractivity (Wildman–Crippen MR) is 77.1 cm³/mol. The molecule has 0 unspecified atom stereocenters. The fraction of sp³-hybridized carbons (Fsp3) is 0.286. The molecule has 2 amide bonds. The van der Waals surface area contributed by atoms with Crippen molar-refractivity contribution < 1.29 is 9.59 Å². The first-order chi connectivity index (χ1) is 8.95. The lowest BCUT2D eigenvalue weighted by molar-refractivity contribution is -0.127. The third kappa shape index (κ3) is 4.42. The summed E-state index contributed by atoms with van der Waals surface area (Å²) in [5, 5.41) is 2.56. The van der Waals surface area contributed by atoms with E-state index in [2.05, 4.69) is 27.2 Å². The molecule has 0 saturated heterocycles. The Kier molecular flexibility index (Phi) is 5.58. The normalized spacial score (nSPS) is 13.1. The van der Waals surface area contributed by atoms with Crippen LogP contribution in [0, 0.1) is 12.3 Å². The summed E-state index contributed by atoms with van der Waals surface area (Å²) in [6, 6.07) is 6.57. The number of benzene rings is 1. The van der Waals surface area contributed by atoms with Gasteiger partial charge in [-0.15, -0.1) is 12.3 Å². The van der Waals surface area contributed by atoms with E-state index in [0.29, 0.717) is 0 Å². The molecule has 19 heavy (non-hydrogen) atoms. The van der Waals surface area contributed by atoms with Gasteiger partial charge in [0.2, 0.25) is 11.8 Å². The molecule has 0 heterocycles. The monoisotopic (exact) mass is 322 g/mol. The molecule has 0 fully saturated rings. The van der Waals surface area contributed by atoms with Gasteiger partial charge in [0.1, 0.15) is 6.04 Å². The highest BCUT2D eigenvalue weighted by atomic mass is 79.9. The zero-order valence-corrected chi connectivity index (χ0v) is 12.1. The maximum Gasteiger partial charge on any atom is 0.240 e. The van der Waals surface area contributed by atoms with E-state index in [4.69, 9.17) is 12.2 Å². The summed E-state index contributed by atoms with van der Waals surface area (Å²) in [6.07, 6.45) is 5.22. The van der Waals surface area contributed by atoms with Crippen LogP contribution in [0.3, 0.4) is 0 Å². The standard InChI is InChI=1S/C14H15BrN2O2/c1-3-4-12(13(16)18)17-14(19)9(2)10-5-7-11(15)8-6-10/h1,5-9,12H,4H2,2H3,(H2,16,18)(H,17,19)/t9-,12-/m0/s1. The number of amides is 2. The Morgan fingerprint density at radius 1 is 1.42 bits per heavy atom. The lowest BCUT2D eigenvalue weighted by Gasteiger charge is -2.17. The van der Waals surface area contributed by atoms with E-state index in [1.165, 1.54) is 0 Å². The van der Waals surface area contributed by atoms with Gasteiger partial charge < -0.3 is 11.1 Å². The zero-order chi connectivity index (χ0) is 14.4. The third-order valence-electron chi connectivity index (χ3n) is 2.75. The van der Waals surface area contributed by atoms with E-state index in [-0.39, 0.29) is 18.2 Å². The molecule has 1 aromatic carbocycles. The fourth-order valence-corrected chi connectivity index (χ4v) is 1.80. The quantitative estimate of drug-likeness (QED) is 0.807. The molecule has 0 radical (unpaired) electrons. The van der Waals surface area contributed by atoms with E-state index in [1.807, 2.05) is 24.3 Å². The van der Waals surface area contributed by atoms with Crippen LogP contribution in [0.5, 0.6) is 0 Å². The van der Waals surface area contributed by atoms with E-state index in [1.54, 1.807) is 6.92 Å². The molecule has 1 rings (SSSR count). The number of rotatable bonds is 5. The Balaban J connectivity index is 2.74. The van der Waals surface area contributed by atoms with Crippen LogP contribution < -0.4 is 11.1 Å². The van der Waals surface area contributed by atoms with Crippen LogP contribution in [0.4, 0.5) is 0 Å². The van der Waals surface area contributed by atoms with E-state index >= 15 is 0 Å². The van der Waals surface area contributed by atoms with Gasteiger partial charge >= 0.3 is 0 Å². The molecular weight excluding hydrogens is 308 g/mol. The largest absolute Gasteiger partial charge is 0.368 e. The average Bonchev–Trinajstić information content (AvgIpc) is 2.38. The topological polar surface area (TPSA) is 72.2 Å². The van der Waals surface area contributed by atoms with Crippen LogP contribution in [0.25, 0.3) is 0 Å². The van der Waals surface area contributed by atoms with Crippen LogP contribution in [0.15, 0.2) is 28.7 Å². The molecule has 0 bridgehead atoms. The Morgan fingerprint density at radius 3 is 2.47 bits per heavy atom. The summed E-state index contributed by atoms with van der Waals surface area (Å²) >= 11 is 3.33. The van der Waals surface area contributed by atoms with Crippen molar-refractivity contribution in [2.45, 2.75) is 25.3 Å². The SMILES string of the molecule is C#CC[C@H](NC(=O)[C@@H](C)c1ccc(Br)cc1)C(N)=O. The second-order valence-corrected chi connectivity index (χ2v) is 5.06. The summed E-state index contributed by atoms with van der Waals surface area (Å²) in [5.74, 6) is 1.03. The predicted octanol–water partition coefficient (Wildman–Crippen LogP) is 1.55. The van der Waals surface area contributed by atoms with Gasteiger partial charge in [-0.2, -0.15) is 0 Å². The molecule has 3 N–H and O–H groups in total. The minimum Gasteiger partial charge on any atom is -0.368 e. The molecule has 1 aromatic rings. The molecule has 0 aliphatic carbocycles. The van der Waals surface area contributed by atoms with Crippen molar-refractivity contribution in [2.75, 3.05) is 0 Å². The number of nitrogens with two attached hydrogens (primary N) is 1. The third-order valence-corrected chi connectivity index (χ3v) is 3.27. The Hall–Kier alpha value is -1.80. The molecule has 5 heteroatoms. The van der Waals surface area contributed by atoms with Gasteiger partial charge in [0, 0.05) is 10.9 Å².